The van der Waals surface area contributed by atoms with E-state index in [2.05, 4.69) is 29.8 Å². The summed E-state index contributed by atoms with van der Waals surface area (Å²) in [5, 5.41) is 7.05. The average Bonchev–Trinajstić information content (AvgIpc) is 3.11. The molecule has 1 saturated heterocycles. The topological polar surface area (TPSA) is 217 Å². The Hall–Kier alpha value is -3.31. The number of nitrogens with zero attached hydrogens (tertiary/aromatic N) is 3. The van der Waals surface area contributed by atoms with Crippen molar-refractivity contribution >= 4 is 56.2 Å². The van der Waals surface area contributed by atoms with E-state index >= 15 is 0 Å². The molecule has 0 aliphatic carbocycles. The van der Waals surface area contributed by atoms with Gasteiger partial charge in [0.25, 0.3) is 11.8 Å². The highest BCUT2D eigenvalue weighted by molar-refractivity contribution is 7.84. The Balaban J connectivity index is 2.22. The van der Waals surface area contributed by atoms with Gasteiger partial charge in [0.15, 0.2) is 23.5 Å². The summed E-state index contributed by atoms with van der Waals surface area (Å²) in [5.41, 5.74) is 5.07. The molecule has 0 aromatic carbocycles. The molecule has 17 heteroatoms. The monoisotopic (exact) mass is 479 g/mol. The standard InChI is InChI=1S/C14H17N5O10S2/c1-3-28-7(20)4-29-13(23)10-9(12(22)19(10)31(24,25)26)17-11(21)8(18-27-2)6-5-30-14(15)16-6/h5,9-10H,3-4H2,1-2H3,(H2,15,16)(H,17,21)(H,24,25,26)/b18-8-. The van der Waals surface area contributed by atoms with Crippen LogP contribution in [-0.2, 0) is 43.8 Å². The van der Waals surface area contributed by atoms with E-state index in [1.165, 1.54) is 12.3 Å². The lowest BCUT2D eigenvalue weighted by molar-refractivity contribution is -0.169. The molecule has 15 nitrogen and oxygen atoms in total. The van der Waals surface area contributed by atoms with E-state index in [-0.39, 0.29) is 21.7 Å². The van der Waals surface area contributed by atoms with Crippen molar-refractivity contribution in [1.29, 1.82) is 0 Å². The molecule has 1 aromatic heterocycles. The minimum Gasteiger partial charge on any atom is -0.463 e. The molecule has 2 amide bonds. The molecule has 0 radical (unpaired) electrons. The van der Waals surface area contributed by atoms with Crippen molar-refractivity contribution in [2.45, 2.75) is 19.0 Å². The first-order valence-electron chi connectivity index (χ1n) is 8.27. The number of amides is 2. The predicted octanol–water partition coefficient (Wildman–Crippen LogP) is -2.32. The third-order valence-corrected chi connectivity index (χ3v) is 5.21. The number of anilines is 1. The molecule has 4 N–H and O–H groups in total. The van der Waals surface area contributed by atoms with Crippen LogP contribution in [0.25, 0.3) is 0 Å². The third-order valence-electron chi connectivity index (χ3n) is 3.63. The Labute approximate surface area is 179 Å². The summed E-state index contributed by atoms with van der Waals surface area (Å²) in [7, 11) is -4.04. The van der Waals surface area contributed by atoms with Crippen LogP contribution in [0.3, 0.4) is 0 Å². The molecule has 2 unspecified atom stereocenters. The fourth-order valence-electron chi connectivity index (χ4n) is 2.41. The molecule has 0 spiro atoms. The number of nitrogens with two attached hydrogens (primary N) is 1. The number of hydrogen-bond acceptors (Lipinski definition) is 13. The van der Waals surface area contributed by atoms with Crippen molar-refractivity contribution < 1.29 is 46.5 Å². The zero-order valence-electron chi connectivity index (χ0n) is 16.0. The largest absolute Gasteiger partial charge is 0.463 e. The Morgan fingerprint density at radius 3 is 2.58 bits per heavy atom. The average molecular weight is 479 g/mol. The summed E-state index contributed by atoms with van der Waals surface area (Å²) in [4.78, 5) is 56.8. The predicted molar refractivity (Wildman–Crippen MR) is 102 cm³/mol. The van der Waals surface area contributed by atoms with Crippen LogP contribution in [0.5, 0.6) is 0 Å². The van der Waals surface area contributed by atoms with Crippen molar-refractivity contribution in [1.82, 2.24) is 14.6 Å². The van der Waals surface area contributed by atoms with Crippen molar-refractivity contribution in [3.05, 3.63) is 11.1 Å². The van der Waals surface area contributed by atoms with E-state index < -0.39 is 58.5 Å². The highest BCUT2D eigenvalue weighted by atomic mass is 32.2. The Morgan fingerprint density at radius 1 is 1.39 bits per heavy atom. The van der Waals surface area contributed by atoms with Crippen LogP contribution in [0.1, 0.15) is 12.6 Å². The van der Waals surface area contributed by atoms with Crippen LogP contribution in [0.2, 0.25) is 0 Å². The van der Waals surface area contributed by atoms with Gasteiger partial charge in [-0.3, -0.25) is 14.1 Å². The first-order valence-corrected chi connectivity index (χ1v) is 10.5. The second-order valence-electron chi connectivity index (χ2n) is 5.61. The zero-order valence-corrected chi connectivity index (χ0v) is 17.6. The fourth-order valence-corrected chi connectivity index (χ4v) is 3.80. The van der Waals surface area contributed by atoms with Crippen LogP contribution in [0.4, 0.5) is 5.13 Å². The van der Waals surface area contributed by atoms with Crippen molar-refractivity contribution in [3.8, 4) is 0 Å². The molecule has 2 rings (SSSR count). The summed E-state index contributed by atoms with van der Waals surface area (Å²) in [6.45, 7) is 0.619. The summed E-state index contributed by atoms with van der Waals surface area (Å²) in [6.07, 6.45) is 0. The SMILES string of the molecule is CCOC(=O)COC(=O)C1C(NC(=O)/C(=N\OC)c2csc(N)n2)C(=O)N1S(=O)(=O)O. The summed E-state index contributed by atoms with van der Waals surface area (Å²) < 4.78 is 41.1. The molecule has 1 aliphatic rings. The fraction of sp³-hybridized carbons (Fsp3) is 0.429. The van der Waals surface area contributed by atoms with Gasteiger partial charge in [-0.05, 0) is 6.92 Å². The highest BCUT2D eigenvalue weighted by Crippen LogP contribution is 2.25. The number of aromatic nitrogens is 1. The van der Waals surface area contributed by atoms with Crippen LogP contribution in [0, 0.1) is 0 Å². The molecule has 1 aliphatic heterocycles. The number of ether oxygens (including phenoxy) is 2. The number of thiazole rings is 1. The van der Waals surface area contributed by atoms with E-state index in [0.29, 0.717) is 0 Å². The number of carbonyl (C=O) groups excluding carboxylic acids is 4. The van der Waals surface area contributed by atoms with Gasteiger partial charge >= 0.3 is 22.2 Å². The number of hydrogen-bond donors (Lipinski definition) is 3. The number of carbonyl (C=O) groups is 4. The van der Waals surface area contributed by atoms with Gasteiger partial charge < -0.3 is 25.4 Å². The van der Waals surface area contributed by atoms with E-state index in [0.717, 1.165) is 18.4 Å². The lowest BCUT2D eigenvalue weighted by Gasteiger charge is -2.42. The van der Waals surface area contributed by atoms with Gasteiger partial charge in [0.05, 0.1) is 6.61 Å². The van der Waals surface area contributed by atoms with E-state index in [1.807, 2.05) is 0 Å². The number of esters is 2. The number of β-lactam (4-membered cyclic amide) rings is 1. The lowest BCUT2D eigenvalue weighted by atomic mass is 9.98. The smallest absolute Gasteiger partial charge is 0.363 e. The molecule has 0 bridgehead atoms. The van der Waals surface area contributed by atoms with Gasteiger partial charge in [0, 0.05) is 5.38 Å². The molecule has 2 atom stereocenters. The van der Waals surface area contributed by atoms with Gasteiger partial charge in [0.2, 0.25) is 0 Å². The molecular weight excluding hydrogens is 462 g/mol. The molecule has 2 heterocycles. The molecule has 1 aromatic rings. The van der Waals surface area contributed by atoms with E-state index in [1.54, 1.807) is 0 Å². The van der Waals surface area contributed by atoms with Crippen LogP contribution >= 0.6 is 11.3 Å². The summed E-state index contributed by atoms with van der Waals surface area (Å²) >= 11 is 0.982. The minimum absolute atomic E-state index is 0.00311. The maximum absolute atomic E-state index is 12.6. The quantitative estimate of drug-likeness (QED) is 0.112. The van der Waals surface area contributed by atoms with Gasteiger partial charge in [0.1, 0.15) is 18.8 Å². The van der Waals surface area contributed by atoms with Crippen LogP contribution in [0.15, 0.2) is 10.5 Å². The van der Waals surface area contributed by atoms with Crippen molar-refractivity contribution in [2.24, 2.45) is 5.16 Å². The lowest BCUT2D eigenvalue weighted by Crippen LogP contribution is -2.75. The second-order valence-corrected chi connectivity index (χ2v) is 7.79. The molecule has 170 valence electrons. The molecule has 31 heavy (non-hydrogen) atoms. The summed E-state index contributed by atoms with van der Waals surface area (Å²) in [6, 6.07) is -3.74. The van der Waals surface area contributed by atoms with Crippen molar-refractivity contribution in [2.75, 3.05) is 26.1 Å². The van der Waals surface area contributed by atoms with E-state index in [4.69, 9.17) is 5.73 Å². The van der Waals surface area contributed by atoms with Gasteiger partial charge in [-0.15, -0.1) is 11.3 Å². The van der Waals surface area contributed by atoms with E-state index in [9.17, 15) is 32.1 Å². The molecule has 1 fully saturated rings. The van der Waals surface area contributed by atoms with Gasteiger partial charge in [-0.2, -0.15) is 12.7 Å². The molecular formula is C14H17N5O10S2. The van der Waals surface area contributed by atoms with Crippen LogP contribution in [-0.4, -0.2) is 84.1 Å². The van der Waals surface area contributed by atoms with Gasteiger partial charge in [-0.25, -0.2) is 14.6 Å². The molecule has 0 saturated carbocycles. The van der Waals surface area contributed by atoms with Gasteiger partial charge in [-0.1, -0.05) is 5.16 Å². The Morgan fingerprint density at radius 2 is 2.06 bits per heavy atom. The Kier molecular flexibility index (Phi) is 7.47. The van der Waals surface area contributed by atoms with Crippen LogP contribution < -0.4 is 11.1 Å². The normalized spacial score (nSPS) is 18.7. The minimum atomic E-state index is -5.17. The second kappa shape index (κ2) is 9.67. The highest BCUT2D eigenvalue weighted by Gasteiger charge is 2.59. The number of oxime groups is 1. The zero-order chi connectivity index (χ0) is 23.3. The number of nitrogen functional groups attached to an aromatic ring is 1. The number of nitrogens with one attached hydrogen (secondary N) is 1. The third kappa shape index (κ3) is 5.44. The Bertz CT molecular complexity index is 1020. The number of rotatable bonds is 9. The van der Waals surface area contributed by atoms with Crippen molar-refractivity contribution in [3.63, 3.8) is 0 Å². The maximum atomic E-state index is 12.6. The summed E-state index contributed by atoms with van der Waals surface area (Å²) in [5.74, 6) is -4.72. The maximum Gasteiger partial charge on any atom is 0.363 e. The first-order chi connectivity index (χ1) is 14.5. The first kappa shape index (κ1) is 24.0.